The van der Waals surface area contributed by atoms with Gasteiger partial charge in [0.25, 0.3) is 0 Å². The van der Waals surface area contributed by atoms with Crippen LogP contribution in [0, 0.1) is 5.92 Å². The maximum absolute atomic E-state index is 12.7. The van der Waals surface area contributed by atoms with Crippen molar-refractivity contribution in [2.45, 2.75) is 56.3 Å². The van der Waals surface area contributed by atoms with Gasteiger partial charge in [-0.05, 0) is 25.7 Å². The molecule has 20 heavy (non-hydrogen) atoms. The van der Waals surface area contributed by atoms with Crippen molar-refractivity contribution < 1.29 is 27.9 Å². The molecule has 2 aliphatic carbocycles. The molecule has 0 aromatic carbocycles. The van der Waals surface area contributed by atoms with Crippen LogP contribution in [0.3, 0.4) is 0 Å². The third kappa shape index (κ3) is 2.99. The van der Waals surface area contributed by atoms with E-state index in [1.807, 2.05) is 5.32 Å². The van der Waals surface area contributed by atoms with Crippen LogP contribution in [0.1, 0.15) is 38.5 Å². The molecule has 5 nitrogen and oxygen atoms in total. The Labute approximate surface area is 113 Å². The first-order valence-electron chi connectivity index (χ1n) is 6.63. The van der Waals surface area contributed by atoms with E-state index in [4.69, 9.17) is 5.11 Å². The van der Waals surface area contributed by atoms with Crippen LogP contribution in [0.4, 0.5) is 18.0 Å². The lowest BCUT2D eigenvalue weighted by atomic mass is 9.84. The van der Waals surface area contributed by atoms with Gasteiger partial charge < -0.3 is 15.7 Å². The standard InChI is InChI=1S/C12H17F3N2O3/c13-12(14,15)11(5-6-11)17-10(20)16-8-4-2-1-3-7(8)9(18)19/h7-8H,1-6H2,(H,18,19)(H2,16,17,20). The molecule has 0 radical (unpaired) electrons. The average Bonchev–Trinajstić information content (AvgIpc) is 3.09. The number of aliphatic carboxylic acids is 1. The molecule has 114 valence electrons. The van der Waals surface area contributed by atoms with Crippen molar-refractivity contribution in [1.82, 2.24) is 10.6 Å². The van der Waals surface area contributed by atoms with Crippen LogP contribution in [0.15, 0.2) is 0 Å². The van der Waals surface area contributed by atoms with E-state index in [1.54, 1.807) is 0 Å². The Balaban J connectivity index is 1.92. The summed E-state index contributed by atoms with van der Waals surface area (Å²) in [5, 5.41) is 13.4. The quantitative estimate of drug-likeness (QED) is 0.745. The molecule has 2 fully saturated rings. The van der Waals surface area contributed by atoms with Crippen molar-refractivity contribution in [2.24, 2.45) is 5.92 Å². The fourth-order valence-electron chi connectivity index (χ4n) is 2.63. The molecule has 2 atom stereocenters. The van der Waals surface area contributed by atoms with E-state index in [1.165, 1.54) is 0 Å². The molecule has 8 heteroatoms. The molecule has 0 aliphatic heterocycles. The number of carbonyl (C=O) groups is 2. The van der Waals surface area contributed by atoms with Gasteiger partial charge in [0.15, 0.2) is 0 Å². The van der Waals surface area contributed by atoms with Crippen LogP contribution in [0.25, 0.3) is 0 Å². The van der Waals surface area contributed by atoms with Crippen molar-refractivity contribution in [3.63, 3.8) is 0 Å². The second-order valence-electron chi connectivity index (χ2n) is 5.51. The third-order valence-corrected chi connectivity index (χ3v) is 4.05. The van der Waals surface area contributed by atoms with E-state index in [9.17, 15) is 22.8 Å². The molecule has 0 aromatic heterocycles. The lowest BCUT2D eigenvalue weighted by Gasteiger charge is -2.30. The summed E-state index contributed by atoms with van der Waals surface area (Å²) in [6.45, 7) is 0. The number of urea groups is 1. The number of carboxylic acid groups (broad SMARTS) is 1. The normalized spacial score (nSPS) is 28.6. The highest BCUT2D eigenvalue weighted by Crippen LogP contribution is 2.48. The van der Waals surface area contributed by atoms with Crippen molar-refractivity contribution in [3.8, 4) is 0 Å². The molecule has 2 aliphatic rings. The number of nitrogens with one attached hydrogen (secondary N) is 2. The van der Waals surface area contributed by atoms with Crippen LogP contribution in [0.2, 0.25) is 0 Å². The summed E-state index contributed by atoms with van der Waals surface area (Å²) in [6, 6.07) is -1.54. The Bertz CT molecular complexity index is 407. The number of hydrogen-bond donors (Lipinski definition) is 3. The average molecular weight is 294 g/mol. The van der Waals surface area contributed by atoms with Crippen molar-refractivity contribution in [1.29, 1.82) is 0 Å². The van der Waals surface area contributed by atoms with Gasteiger partial charge >= 0.3 is 18.2 Å². The summed E-state index contributed by atoms with van der Waals surface area (Å²) in [6.07, 6.45) is -2.30. The van der Waals surface area contributed by atoms with Crippen LogP contribution in [-0.4, -0.2) is 34.9 Å². The second-order valence-corrected chi connectivity index (χ2v) is 5.51. The Hall–Kier alpha value is -1.47. The number of alkyl halides is 3. The van der Waals surface area contributed by atoms with Gasteiger partial charge in [-0.3, -0.25) is 4.79 Å². The molecule has 0 bridgehead atoms. The monoisotopic (exact) mass is 294 g/mol. The summed E-state index contributed by atoms with van der Waals surface area (Å²) >= 11 is 0. The Kier molecular flexibility index (Phi) is 3.84. The molecule has 2 saturated carbocycles. The molecule has 2 amide bonds. The zero-order valence-electron chi connectivity index (χ0n) is 10.8. The van der Waals surface area contributed by atoms with Gasteiger partial charge in [-0.1, -0.05) is 12.8 Å². The van der Waals surface area contributed by atoms with Gasteiger partial charge in [-0.25, -0.2) is 4.79 Å². The maximum atomic E-state index is 12.7. The van der Waals surface area contributed by atoms with Gasteiger partial charge in [0.2, 0.25) is 0 Å². The fourth-order valence-corrected chi connectivity index (χ4v) is 2.63. The predicted molar refractivity (Wildman–Crippen MR) is 63.1 cm³/mol. The number of rotatable bonds is 3. The maximum Gasteiger partial charge on any atom is 0.411 e. The molecule has 2 rings (SSSR count). The van der Waals surface area contributed by atoms with Crippen LogP contribution < -0.4 is 10.6 Å². The highest BCUT2D eigenvalue weighted by molar-refractivity contribution is 5.78. The van der Waals surface area contributed by atoms with Crippen LogP contribution in [-0.2, 0) is 4.79 Å². The summed E-state index contributed by atoms with van der Waals surface area (Å²) in [4.78, 5) is 22.7. The first-order valence-corrected chi connectivity index (χ1v) is 6.63. The number of halogens is 3. The summed E-state index contributed by atoms with van der Waals surface area (Å²) in [5.74, 6) is -1.75. The lowest BCUT2D eigenvalue weighted by molar-refractivity contribution is -0.163. The summed E-state index contributed by atoms with van der Waals surface area (Å²) in [5.41, 5.74) is -2.12. The topological polar surface area (TPSA) is 78.4 Å². The zero-order valence-corrected chi connectivity index (χ0v) is 10.8. The largest absolute Gasteiger partial charge is 0.481 e. The summed E-state index contributed by atoms with van der Waals surface area (Å²) < 4.78 is 38.1. The first-order chi connectivity index (χ1) is 9.25. The molecule has 0 spiro atoms. The second kappa shape index (κ2) is 5.14. The number of hydrogen-bond acceptors (Lipinski definition) is 2. The number of carboxylic acids is 1. The lowest BCUT2D eigenvalue weighted by Crippen LogP contribution is -2.55. The SMILES string of the molecule is O=C(NC1CCCCC1C(=O)O)NC1(C(F)(F)F)CC1. The third-order valence-electron chi connectivity index (χ3n) is 4.05. The number of amides is 2. The molecule has 0 saturated heterocycles. The minimum absolute atomic E-state index is 0.128. The smallest absolute Gasteiger partial charge is 0.411 e. The van der Waals surface area contributed by atoms with E-state index in [0.717, 1.165) is 12.8 Å². The molecular weight excluding hydrogens is 277 g/mol. The molecule has 0 heterocycles. The van der Waals surface area contributed by atoms with Crippen LogP contribution >= 0.6 is 0 Å². The Morgan fingerprint density at radius 3 is 2.25 bits per heavy atom. The zero-order chi connectivity index (χ0) is 15.0. The van der Waals surface area contributed by atoms with E-state index >= 15 is 0 Å². The van der Waals surface area contributed by atoms with Crippen molar-refractivity contribution >= 4 is 12.0 Å². The van der Waals surface area contributed by atoms with E-state index in [0.29, 0.717) is 12.8 Å². The van der Waals surface area contributed by atoms with Crippen LogP contribution in [0.5, 0.6) is 0 Å². The Morgan fingerprint density at radius 1 is 1.15 bits per heavy atom. The van der Waals surface area contributed by atoms with Gasteiger partial charge in [0, 0.05) is 6.04 Å². The minimum atomic E-state index is -4.47. The Morgan fingerprint density at radius 2 is 1.75 bits per heavy atom. The number of carbonyl (C=O) groups excluding carboxylic acids is 1. The first kappa shape index (κ1) is 14.9. The summed E-state index contributed by atoms with van der Waals surface area (Å²) in [7, 11) is 0. The highest BCUT2D eigenvalue weighted by atomic mass is 19.4. The molecular formula is C12H17F3N2O3. The van der Waals surface area contributed by atoms with E-state index in [-0.39, 0.29) is 12.8 Å². The van der Waals surface area contributed by atoms with E-state index in [2.05, 4.69) is 5.32 Å². The highest BCUT2D eigenvalue weighted by Gasteiger charge is 2.64. The predicted octanol–water partition coefficient (Wildman–Crippen LogP) is 2.02. The van der Waals surface area contributed by atoms with Crippen molar-refractivity contribution in [3.05, 3.63) is 0 Å². The van der Waals surface area contributed by atoms with Gasteiger partial charge in [0.1, 0.15) is 5.54 Å². The minimum Gasteiger partial charge on any atom is -0.481 e. The van der Waals surface area contributed by atoms with E-state index < -0.39 is 35.7 Å². The molecule has 3 N–H and O–H groups in total. The fraction of sp³-hybridized carbons (Fsp3) is 0.833. The molecule has 2 unspecified atom stereocenters. The van der Waals surface area contributed by atoms with Gasteiger partial charge in [-0.2, -0.15) is 13.2 Å². The van der Waals surface area contributed by atoms with Gasteiger partial charge in [-0.15, -0.1) is 0 Å². The molecule has 0 aromatic rings. The van der Waals surface area contributed by atoms with Gasteiger partial charge in [0.05, 0.1) is 5.92 Å². The van der Waals surface area contributed by atoms with Crippen molar-refractivity contribution in [2.75, 3.05) is 0 Å².